The molecule has 3 heterocycles. The van der Waals surface area contributed by atoms with Gasteiger partial charge in [0.05, 0.1) is 31.1 Å². The predicted molar refractivity (Wildman–Crippen MR) is 159 cm³/mol. The minimum atomic E-state index is -0.643. The van der Waals surface area contributed by atoms with Crippen molar-refractivity contribution < 1.29 is 28.6 Å². The number of phenols is 1. The van der Waals surface area contributed by atoms with Crippen LogP contribution in [0.3, 0.4) is 0 Å². The topological polar surface area (TPSA) is 76.1 Å². The molecule has 218 valence electrons. The van der Waals surface area contributed by atoms with Gasteiger partial charge in [0.2, 0.25) is 11.8 Å². The van der Waals surface area contributed by atoms with E-state index >= 15 is 0 Å². The van der Waals surface area contributed by atoms with Crippen LogP contribution in [-0.4, -0.2) is 41.1 Å². The van der Waals surface area contributed by atoms with E-state index in [2.05, 4.69) is 6.92 Å². The highest BCUT2D eigenvalue weighted by atomic mass is 32.1. The maximum absolute atomic E-state index is 13.9. The van der Waals surface area contributed by atoms with Crippen LogP contribution in [0.25, 0.3) is 6.08 Å². The van der Waals surface area contributed by atoms with Crippen LogP contribution in [0.2, 0.25) is 0 Å². The van der Waals surface area contributed by atoms with Crippen molar-refractivity contribution in [3.8, 4) is 11.5 Å². The molecule has 3 aromatic rings. The van der Waals surface area contributed by atoms with Gasteiger partial charge >= 0.3 is 0 Å². The molecule has 0 radical (unpaired) electrons. The normalized spacial score (nSPS) is 23.9. The largest absolute Gasteiger partial charge is 0.505 e. The average molecular weight is 588 g/mol. The third kappa shape index (κ3) is 5.65. The Morgan fingerprint density at radius 1 is 1.12 bits per heavy atom. The molecule has 2 aromatic carbocycles. The van der Waals surface area contributed by atoms with E-state index < -0.39 is 17.7 Å². The lowest BCUT2D eigenvalue weighted by molar-refractivity contribution is -0.140. The summed E-state index contributed by atoms with van der Waals surface area (Å²) < 4.78 is 26.5. The molecule has 0 spiro atoms. The Kier molecular flexibility index (Phi) is 8.27. The number of benzene rings is 2. The van der Waals surface area contributed by atoms with E-state index in [1.165, 1.54) is 17.0 Å². The van der Waals surface area contributed by atoms with E-state index in [1.807, 2.05) is 53.9 Å². The summed E-state index contributed by atoms with van der Waals surface area (Å²) in [4.78, 5) is 29.8. The summed E-state index contributed by atoms with van der Waals surface area (Å²) in [7, 11) is 0. The van der Waals surface area contributed by atoms with Crippen molar-refractivity contribution in [3.63, 3.8) is 0 Å². The van der Waals surface area contributed by atoms with Gasteiger partial charge in [-0.3, -0.25) is 14.5 Å². The molecule has 1 N–H and O–H groups in total. The number of nitrogens with zero attached hydrogens (tertiary/aromatic N) is 1. The van der Waals surface area contributed by atoms with Crippen molar-refractivity contribution in [1.29, 1.82) is 0 Å². The van der Waals surface area contributed by atoms with Crippen LogP contribution in [0.15, 0.2) is 82.8 Å². The fourth-order valence-electron chi connectivity index (χ4n) is 6.59. The molecule has 6 rings (SSSR count). The number of rotatable bonds is 10. The number of ether oxygens (including phenoxy) is 2. The number of hydrogen-bond donors (Lipinski definition) is 1. The number of aromatic hydroxyl groups is 1. The third-order valence-corrected chi connectivity index (χ3v) is 9.54. The molecular formula is C34H34FNO5S. The molecule has 4 atom stereocenters. The first kappa shape index (κ1) is 28.4. The predicted octanol–water partition coefficient (Wildman–Crippen LogP) is 6.76. The van der Waals surface area contributed by atoms with E-state index in [0.717, 1.165) is 40.2 Å². The smallest absolute Gasteiger partial charge is 0.234 e. The number of amides is 2. The van der Waals surface area contributed by atoms with Crippen LogP contribution in [0.5, 0.6) is 11.5 Å². The maximum Gasteiger partial charge on any atom is 0.234 e. The van der Waals surface area contributed by atoms with Gasteiger partial charge in [0.15, 0.2) is 11.6 Å². The number of hydrogen-bond acceptors (Lipinski definition) is 6. The molecule has 42 heavy (non-hydrogen) atoms. The lowest BCUT2D eigenvalue weighted by atomic mass is 9.69. The second-order valence-corrected chi connectivity index (χ2v) is 12.2. The first-order valence-corrected chi connectivity index (χ1v) is 15.4. The van der Waals surface area contributed by atoms with Crippen LogP contribution in [0, 0.1) is 23.6 Å². The van der Waals surface area contributed by atoms with Gasteiger partial charge in [0.25, 0.3) is 0 Å². The molecule has 2 amide bonds. The summed E-state index contributed by atoms with van der Waals surface area (Å²) in [6, 6.07) is 17.9. The van der Waals surface area contributed by atoms with Gasteiger partial charge in [-0.05, 0) is 78.1 Å². The first-order chi connectivity index (χ1) is 20.4. The molecule has 2 aliphatic heterocycles. The number of likely N-dealkylation sites (tertiary alicyclic amines) is 1. The molecule has 0 saturated carbocycles. The van der Waals surface area contributed by atoms with Gasteiger partial charge in [0, 0.05) is 10.8 Å². The minimum Gasteiger partial charge on any atom is -0.505 e. The number of phenolic OH excluding ortho intramolecular Hbond substituents is 1. The van der Waals surface area contributed by atoms with Gasteiger partial charge < -0.3 is 14.6 Å². The van der Waals surface area contributed by atoms with Crippen molar-refractivity contribution in [2.75, 3.05) is 13.2 Å². The lowest BCUT2D eigenvalue weighted by Gasteiger charge is -2.31. The fourth-order valence-corrected chi connectivity index (χ4v) is 7.28. The van der Waals surface area contributed by atoms with E-state index in [0.29, 0.717) is 38.2 Å². The third-order valence-electron chi connectivity index (χ3n) is 8.67. The summed E-state index contributed by atoms with van der Waals surface area (Å²) in [5.74, 6) is -1.43. The van der Waals surface area contributed by atoms with E-state index in [-0.39, 0.29) is 29.6 Å². The second-order valence-electron chi connectivity index (χ2n) is 11.2. The van der Waals surface area contributed by atoms with Crippen LogP contribution >= 0.6 is 11.3 Å². The molecule has 0 unspecified atom stereocenters. The number of imide groups is 1. The standard InChI is InChI=1S/C34H34FNO5S/c1-2-21(15-22-10-12-29(37)28(35)16-22)11-13-30-31-23(19-40-24-7-4-3-5-8-24)17-26-32(27(31)20-41-30)34(39)36(33(26)38)18-25-9-6-14-42-25/h3-10,12,14-16,26-27,30,32,37H,2,11,13,17-20H2,1H3/b21-15+/t26-,27+,30-,32-/m1/s1. The Morgan fingerprint density at radius 3 is 2.69 bits per heavy atom. The highest BCUT2D eigenvalue weighted by Gasteiger charge is 2.57. The van der Waals surface area contributed by atoms with Crippen molar-refractivity contribution in [2.45, 2.75) is 45.3 Å². The zero-order valence-corrected chi connectivity index (χ0v) is 24.3. The molecule has 8 heteroatoms. The summed E-state index contributed by atoms with van der Waals surface area (Å²) in [5.41, 5.74) is 3.99. The number of para-hydroxylation sites is 1. The number of thiophene rings is 1. The number of carbonyl (C=O) groups is 2. The molecular weight excluding hydrogens is 553 g/mol. The molecule has 1 aromatic heterocycles. The molecule has 1 aliphatic carbocycles. The zero-order valence-electron chi connectivity index (χ0n) is 23.5. The Balaban J connectivity index is 1.25. The zero-order chi connectivity index (χ0) is 29.2. The van der Waals surface area contributed by atoms with E-state index in [4.69, 9.17) is 9.47 Å². The summed E-state index contributed by atoms with van der Waals surface area (Å²) in [6.07, 6.45) is 4.49. The molecule has 2 saturated heterocycles. The van der Waals surface area contributed by atoms with Gasteiger partial charge in [0.1, 0.15) is 12.4 Å². The van der Waals surface area contributed by atoms with Gasteiger partial charge in [-0.1, -0.05) is 48.9 Å². The average Bonchev–Trinajstić information content (AvgIpc) is 3.73. The van der Waals surface area contributed by atoms with Crippen LogP contribution < -0.4 is 4.74 Å². The summed E-state index contributed by atoms with van der Waals surface area (Å²) in [5, 5.41) is 11.5. The number of fused-ring (bicyclic) bond motifs is 3. The number of halogens is 1. The van der Waals surface area contributed by atoms with Crippen LogP contribution in [0.1, 0.15) is 43.0 Å². The molecule has 3 aliphatic rings. The van der Waals surface area contributed by atoms with E-state index in [1.54, 1.807) is 17.4 Å². The van der Waals surface area contributed by atoms with Crippen LogP contribution in [0.4, 0.5) is 4.39 Å². The minimum absolute atomic E-state index is 0.100. The van der Waals surface area contributed by atoms with Crippen molar-refractivity contribution in [1.82, 2.24) is 4.90 Å². The van der Waals surface area contributed by atoms with Gasteiger partial charge in [-0.15, -0.1) is 11.3 Å². The highest BCUT2D eigenvalue weighted by molar-refractivity contribution is 7.09. The SMILES string of the molecule is CC/C(=C\c1ccc(O)c(F)c1)CC[C@H]1OC[C@H]2C1=C(COc1ccccc1)C[C@H]1C(=O)N(Cc3cccs3)C(=O)[C@H]12. The number of allylic oxidation sites excluding steroid dienone is 1. The molecule has 2 fully saturated rings. The number of carbonyl (C=O) groups excluding carboxylic acids is 2. The van der Waals surface area contributed by atoms with Crippen LogP contribution in [-0.2, 0) is 20.9 Å². The summed E-state index contributed by atoms with van der Waals surface area (Å²) in [6.45, 7) is 3.12. The van der Waals surface area contributed by atoms with Crippen molar-refractivity contribution in [2.24, 2.45) is 17.8 Å². The van der Waals surface area contributed by atoms with E-state index in [9.17, 15) is 19.1 Å². The second kappa shape index (κ2) is 12.2. The van der Waals surface area contributed by atoms with Crippen molar-refractivity contribution >= 4 is 29.2 Å². The maximum atomic E-state index is 13.9. The highest BCUT2D eigenvalue weighted by Crippen LogP contribution is 2.50. The quantitative estimate of drug-likeness (QED) is 0.210. The van der Waals surface area contributed by atoms with Gasteiger partial charge in [-0.2, -0.15) is 0 Å². The monoisotopic (exact) mass is 587 g/mol. The van der Waals surface area contributed by atoms with Crippen molar-refractivity contribution in [3.05, 3.63) is 99.0 Å². The Labute approximate surface area is 249 Å². The molecule has 6 nitrogen and oxygen atoms in total. The summed E-state index contributed by atoms with van der Waals surface area (Å²) >= 11 is 1.55. The lowest BCUT2D eigenvalue weighted by Crippen LogP contribution is -2.35. The molecule has 0 bridgehead atoms. The Bertz CT molecular complexity index is 1520. The Hall–Kier alpha value is -3.75. The Morgan fingerprint density at radius 2 is 1.95 bits per heavy atom. The first-order valence-electron chi connectivity index (χ1n) is 14.5. The fraction of sp³-hybridized carbons (Fsp3) is 0.353. The van der Waals surface area contributed by atoms with Gasteiger partial charge in [-0.25, -0.2) is 4.39 Å².